The van der Waals surface area contributed by atoms with E-state index in [2.05, 4.69) is 35.5 Å². The van der Waals surface area contributed by atoms with E-state index in [0.717, 1.165) is 24.8 Å². The number of nitrogens with one attached hydrogen (secondary N) is 1. The Morgan fingerprint density at radius 3 is 2.62 bits per heavy atom. The SMILES string of the molecule is COc1cc(CNC(=O)CCCC/C=C/C(C)C)ccc1OS(=O)(=O)O. The second-order valence-electron chi connectivity index (χ2n) is 6.19. The average molecular weight is 385 g/mol. The fraction of sp³-hybridized carbons (Fsp3) is 0.500. The van der Waals surface area contributed by atoms with Gasteiger partial charge in [0.2, 0.25) is 5.91 Å². The number of rotatable bonds is 11. The van der Waals surface area contributed by atoms with Crippen LogP contribution in [0.25, 0.3) is 0 Å². The fourth-order valence-corrected chi connectivity index (χ4v) is 2.57. The maximum atomic E-state index is 11.9. The second-order valence-corrected chi connectivity index (χ2v) is 7.21. The molecule has 1 amide bonds. The van der Waals surface area contributed by atoms with Crippen molar-refractivity contribution in [2.45, 2.75) is 46.1 Å². The Balaban J connectivity index is 2.43. The molecule has 1 aromatic carbocycles. The zero-order valence-corrected chi connectivity index (χ0v) is 16.2. The number of unbranched alkanes of at least 4 members (excludes halogenated alkanes) is 2. The Hall–Kier alpha value is -2.06. The van der Waals surface area contributed by atoms with Crippen molar-refractivity contribution < 1.29 is 26.7 Å². The third-order valence-corrected chi connectivity index (χ3v) is 3.85. The molecule has 0 atom stereocenters. The van der Waals surface area contributed by atoms with Crippen LogP contribution in [0, 0.1) is 5.92 Å². The average Bonchev–Trinajstić information content (AvgIpc) is 2.55. The van der Waals surface area contributed by atoms with E-state index in [1.165, 1.54) is 19.2 Å². The highest BCUT2D eigenvalue weighted by Crippen LogP contribution is 2.29. The van der Waals surface area contributed by atoms with Crippen LogP contribution in [0.4, 0.5) is 0 Å². The number of carbonyl (C=O) groups excluding carboxylic acids is 1. The van der Waals surface area contributed by atoms with Crippen molar-refractivity contribution in [3.8, 4) is 11.5 Å². The second kappa shape index (κ2) is 10.8. The van der Waals surface area contributed by atoms with Gasteiger partial charge >= 0.3 is 10.4 Å². The van der Waals surface area contributed by atoms with E-state index in [1.807, 2.05) is 0 Å². The molecule has 0 saturated carbocycles. The number of carbonyl (C=O) groups is 1. The van der Waals surface area contributed by atoms with Gasteiger partial charge in [-0.3, -0.25) is 9.35 Å². The molecular weight excluding hydrogens is 358 g/mol. The summed E-state index contributed by atoms with van der Waals surface area (Å²) in [7, 11) is -3.28. The first-order valence-corrected chi connectivity index (χ1v) is 9.85. The molecule has 0 heterocycles. The zero-order valence-electron chi connectivity index (χ0n) is 15.4. The molecule has 0 aliphatic carbocycles. The largest absolute Gasteiger partial charge is 0.493 e. The summed E-state index contributed by atoms with van der Waals surface area (Å²) in [6.07, 6.45) is 7.51. The predicted octanol–water partition coefficient (Wildman–Crippen LogP) is 3.27. The first-order chi connectivity index (χ1) is 12.2. The molecule has 0 fully saturated rings. The van der Waals surface area contributed by atoms with Crippen molar-refractivity contribution >= 4 is 16.3 Å². The van der Waals surface area contributed by atoms with Gasteiger partial charge < -0.3 is 14.2 Å². The molecule has 0 unspecified atom stereocenters. The maximum absolute atomic E-state index is 11.9. The van der Waals surface area contributed by atoms with Gasteiger partial charge in [-0.1, -0.05) is 32.1 Å². The van der Waals surface area contributed by atoms with E-state index >= 15 is 0 Å². The molecule has 2 N–H and O–H groups in total. The number of ether oxygens (including phenoxy) is 1. The molecular formula is C18H27NO6S. The molecule has 0 saturated heterocycles. The highest BCUT2D eigenvalue weighted by atomic mass is 32.3. The molecule has 0 aliphatic rings. The van der Waals surface area contributed by atoms with Crippen molar-refractivity contribution in [1.29, 1.82) is 0 Å². The number of benzene rings is 1. The molecule has 0 spiro atoms. The van der Waals surface area contributed by atoms with Gasteiger partial charge in [0.15, 0.2) is 11.5 Å². The van der Waals surface area contributed by atoms with Gasteiger partial charge in [0.25, 0.3) is 0 Å². The standard InChI is InChI=1S/C18H27NO6S/c1-14(2)8-6-4-5-7-9-18(20)19-13-15-10-11-16(17(12-15)24-3)25-26(21,22)23/h6,8,10-12,14H,4-5,7,9,13H2,1-3H3,(H,19,20)(H,21,22,23)/b8-6+. The third kappa shape index (κ3) is 9.43. The molecule has 1 aromatic rings. The summed E-state index contributed by atoms with van der Waals surface area (Å²) in [4.78, 5) is 11.9. The van der Waals surface area contributed by atoms with Crippen LogP contribution >= 0.6 is 0 Å². The van der Waals surface area contributed by atoms with E-state index in [4.69, 9.17) is 9.29 Å². The summed E-state index contributed by atoms with van der Waals surface area (Å²) in [6, 6.07) is 4.48. The third-order valence-electron chi connectivity index (χ3n) is 3.46. The molecule has 0 bridgehead atoms. The maximum Gasteiger partial charge on any atom is 0.446 e. The summed E-state index contributed by atoms with van der Waals surface area (Å²) in [5, 5.41) is 2.81. The van der Waals surface area contributed by atoms with Crippen LogP contribution in [0.5, 0.6) is 11.5 Å². The monoisotopic (exact) mass is 385 g/mol. The Morgan fingerprint density at radius 2 is 2.00 bits per heavy atom. The molecule has 7 nitrogen and oxygen atoms in total. The van der Waals surface area contributed by atoms with E-state index in [9.17, 15) is 13.2 Å². The van der Waals surface area contributed by atoms with Crippen LogP contribution in [0.15, 0.2) is 30.4 Å². The minimum Gasteiger partial charge on any atom is -0.493 e. The highest BCUT2D eigenvalue weighted by molar-refractivity contribution is 7.81. The van der Waals surface area contributed by atoms with Crippen molar-refractivity contribution in [1.82, 2.24) is 5.32 Å². The van der Waals surface area contributed by atoms with Crippen molar-refractivity contribution in [2.75, 3.05) is 7.11 Å². The fourth-order valence-electron chi connectivity index (χ4n) is 2.21. The summed E-state index contributed by atoms with van der Waals surface area (Å²) in [5.41, 5.74) is 0.720. The number of allylic oxidation sites excluding steroid dienone is 2. The van der Waals surface area contributed by atoms with Gasteiger partial charge in [0.1, 0.15) is 0 Å². The molecule has 146 valence electrons. The summed E-state index contributed by atoms with van der Waals surface area (Å²) >= 11 is 0. The van der Waals surface area contributed by atoms with Gasteiger partial charge in [-0.25, -0.2) is 0 Å². The number of amides is 1. The van der Waals surface area contributed by atoms with Gasteiger partial charge in [-0.05, 0) is 42.9 Å². The first-order valence-electron chi connectivity index (χ1n) is 8.48. The number of hydrogen-bond acceptors (Lipinski definition) is 5. The van der Waals surface area contributed by atoms with Crippen LogP contribution in [0.1, 0.15) is 45.1 Å². The quantitative estimate of drug-likeness (QED) is 0.344. The van der Waals surface area contributed by atoms with E-state index in [-0.39, 0.29) is 24.0 Å². The van der Waals surface area contributed by atoms with E-state index in [1.54, 1.807) is 6.07 Å². The topological polar surface area (TPSA) is 102 Å². The minimum absolute atomic E-state index is 0.0462. The van der Waals surface area contributed by atoms with Crippen molar-refractivity contribution in [3.63, 3.8) is 0 Å². The zero-order chi connectivity index (χ0) is 19.6. The molecule has 0 aliphatic heterocycles. The summed E-state index contributed by atoms with van der Waals surface area (Å²) in [6.45, 7) is 4.54. The van der Waals surface area contributed by atoms with Crippen LogP contribution < -0.4 is 14.2 Å². The van der Waals surface area contributed by atoms with E-state index in [0.29, 0.717) is 12.3 Å². The molecule has 26 heavy (non-hydrogen) atoms. The number of methoxy groups -OCH3 is 1. The van der Waals surface area contributed by atoms with Crippen LogP contribution in [0.2, 0.25) is 0 Å². The van der Waals surface area contributed by atoms with Gasteiger partial charge in [0.05, 0.1) is 7.11 Å². The van der Waals surface area contributed by atoms with Gasteiger partial charge in [-0.15, -0.1) is 0 Å². The number of hydrogen-bond donors (Lipinski definition) is 2. The molecule has 8 heteroatoms. The normalized spacial score (nSPS) is 11.7. The lowest BCUT2D eigenvalue weighted by Crippen LogP contribution is -2.22. The summed E-state index contributed by atoms with van der Waals surface area (Å²) < 4.78 is 39.8. The van der Waals surface area contributed by atoms with Crippen LogP contribution in [0.3, 0.4) is 0 Å². The smallest absolute Gasteiger partial charge is 0.446 e. The highest BCUT2D eigenvalue weighted by Gasteiger charge is 2.13. The first kappa shape index (κ1) is 22.0. The Labute approximate surface area is 155 Å². The molecule has 0 aromatic heterocycles. The van der Waals surface area contributed by atoms with Gasteiger partial charge in [0, 0.05) is 13.0 Å². The molecule has 1 rings (SSSR count). The van der Waals surface area contributed by atoms with Crippen molar-refractivity contribution in [3.05, 3.63) is 35.9 Å². The van der Waals surface area contributed by atoms with Crippen molar-refractivity contribution in [2.24, 2.45) is 5.92 Å². The Kier molecular flexibility index (Phi) is 9.15. The van der Waals surface area contributed by atoms with Crippen LogP contribution in [-0.4, -0.2) is 26.0 Å². The summed E-state index contributed by atoms with van der Waals surface area (Å²) in [5.74, 6) is 0.519. The van der Waals surface area contributed by atoms with Gasteiger partial charge in [-0.2, -0.15) is 8.42 Å². The van der Waals surface area contributed by atoms with E-state index < -0.39 is 10.4 Å². The predicted molar refractivity (Wildman–Crippen MR) is 99.5 cm³/mol. The lowest BCUT2D eigenvalue weighted by atomic mass is 10.1. The lowest BCUT2D eigenvalue weighted by Gasteiger charge is -2.10. The Morgan fingerprint density at radius 1 is 1.27 bits per heavy atom. The lowest BCUT2D eigenvalue weighted by molar-refractivity contribution is -0.121. The molecule has 0 radical (unpaired) electrons. The minimum atomic E-state index is -4.62. The Bertz CT molecular complexity index is 712. The van der Waals surface area contributed by atoms with Crippen LogP contribution in [-0.2, 0) is 21.7 Å².